The highest BCUT2D eigenvalue weighted by atomic mass is 16.3. The highest BCUT2D eigenvalue weighted by Crippen LogP contribution is 2.24. The molecule has 0 aliphatic carbocycles. The first kappa shape index (κ1) is 7.86. The van der Waals surface area contributed by atoms with E-state index < -0.39 is 0 Å². The number of phenols is 1. The summed E-state index contributed by atoms with van der Waals surface area (Å²) in [6, 6.07) is 5.07. The van der Waals surface area contributed by atoms with Crippen LogP contribution in [-0.4, -0.2) is 10.1 Å². The van der Waals surface area contributed by atoms with Crippen LogP contribution in [0.1, 0.15) is 5.56 Å². The lowest BCUT2D eigenvalue weighted by molar-refractivity contribution is 0.476. The van der Waals surface area contributed by atoms with Crippen molar-refractivity contribution in [3.8, 4) is 5.75 Å². The van der Waals surface area contributed by atoms with Crippen molar-refractivity contribution >= 4 is 16.6 Å². The largest absolute Gasteiger partial charge is 0.508 e. The number of nitrogen functional groups attached to an aromatic ring is 1. The van der Waals surface area contributed by atoms with E-state index in [2.05, 4.69) is 4.98 Å². The summed E-state index contributed by atoms with van der Waals surface area (Å²) in [5.41, 5.74) is 8.15. The van der Waals surface area contributed by atoms with E-state index in [1.807, 2.05) is 6.92 Å². The Hall–Kier alpha value is -1.77. The van der Waals surface area contributed by atoms with Crippen molar-refractivity contribution in [3.63, 3.8) is 0 Å². The molecule has 2 aromatic rings. The Morgan fingerprint density at radius 1 is 1.38 bits per heavy atom. The van der Waals surface area contributed by atoms with E-state index in [1.54, 1.807) is 24.4 Å². The molecule has 0 unspecified atom stereocenters. The van der Waals surface area contributed by atoms with Gasteiger partial charge in [0.2, 0.25) is 0 Å². The minimum atomic E-state index is 0.239. The fourth-order valence-corrected chi connectivity index (χ4v) is 1.33. The molecule has 66 valence electrons. The molecule has 0 saturated carbocycles. The lowest BCUT2D eigenvalue weighted by atomic mass is 10.1. The van der Waals surface area contributed by atoms with Gasteiger partial charge in [0, 0.05) is 5.39 Å². The van der Waals surface area contributed by atoms with Crippen molar-refractivity contribution in [1.82, 2.24) is 4.98 Å². The van der Waals surface area contributed by atoms with E-state index in [4.69, 9.17) is 5.73 Å². The molecule has 13 heavy (non-hydrogen) atoms. The number of nitrogens with zero attached hydrogens (tertiary/aromatic N) is 1. The predicted octanol–water partition coefficient (Wildman–Crippen LogP) is 1.83. The SMILES string of the molecule is Cc1c(N)cnc2ccc(O)cc12. The van der Waals surface area contributed by atoms with Gasteiger partial charge in [-0.05, 0) is 30.7 Å². The molecule has 0 aliphatic rings. The van der Waals surface area contributed by atoms with Crippen molar-refractivity contribution in [2.24, 2.45) is 0 Å². The van der Waals surface area contributed by atoms with Crippen LogP contribution in [0.5, 0.6) is 5.75 Å². The van der Waals surface area contributed by atoms with E-state index in [0.717, 1.165) is 16.5 Å². The van der Waals surface area contributed by atoms with Gasteiger partial charge in [0.1, 0.15) is 5.75 Å². The molecule has 0 spiro atoms. The van der Waals surface area contributed by atoms with Crippen LogP contribution >= 0.6 is 0 Å². The Morgan fingerprint density at radius 2 is 2.15 bits per heavy atom. The van der Waals surface area contributed by atoms with Crippen molar-refractivity contribution in [2.45, 2.75) is 6.92 Å². The maximum atomic E-state index is 9.28. The monoisotopic (exact) mass is 174 g/mol. The van der Waals surface area contributed by atoms with Crippen molar-refractivity contribution in [3.05, 3.63) is 30.0 Å². The van der Waals surface area contributed by atoms with Gasteiger partial charge < -0.3 is 10.8 Å². The molecule has 1 aromatic carbocycles. The first-order valence-corrected chi connectivity index (χ1v) is 4.02. The van der Waals surface area contributed by atoms with Crippen LogP contribution in [0.4, 0.5) is 5.69 Å². The molecule has 3 heteroatoms. The maximum absolute atomic E-state index is 9.28. The van der Waals surface area contributed by atoms with Crippen molar-refractivity contribution in [1.29, 1.82) is 0 Å². The summed E-state index contributed by atoms with van der Waals surface area (Å²) < 4.78 is 0. The molecule has 0 radical (unpaired) electrons. The number of hydrogen-bond acceptors (Lipinski definition) is 3. The standard InChI is InChI=1S/C10H10N2O/c1-6-8-4-7(13)2-3-10(8)12-5-9(6)11/h2-5,13H,11H2,1H3. The molecular weight excluding hydrogens is 164 g/mol. The number of aromatic nitrogens is 1. The Kier molecular flexibility index (Phi) is 1.59. The number of aromatic hydroxyl groups is 1. The summed E-state index contributed by atoms with van der Waals surface area (Å²) in [6.45, 7) is 1.92. The highest BCUT2D eigenvalue weighted by Gasteiger charge is 2.02. The number of rotatable bonds is 0. The zero-order valence-corrected chi connectivity index (χ0v) is 7.28. The van der Waals surface area contributed by atoms with E-state index >= 15 is 0 Å². The van der Waals surface area contributed by atoms with Gasteiger partial charge in [-0.2, -0.15) is 0 Å². The number of pyridine rings is 1. The fraction of sp³-hybridized carbons (Fsp3) is 0.100. The molecule has 0 amide bonds. The van der Waals surface area contributed by atoms with Crippen LogP contribution in [0.15, 0.2) is 24.4 Å². The molecule has 2 rings (SSSR count). The Morgan fingerprint density at radius 3 is 2.92 bits per heavy atom. The minimum Gasteiger partial charge on any atom is -0.508 e. The molecular formula is C10H10N2O. The van der Waals surface area contributed by atoms with Gasteiger partial charge >= 0.3 is 0 Å². The van der Waals surface area contributed by atoms with Gasteiger partial charge in [0.15, 0.2) is 0 Å². The third-order valence-corrected chi connectivity index (χ3v) is 2.16. The average Bonchev–Trinajstić information content (AvgIpc) is 2.12. The number of anilines is 1. The molecule has 0 aliphatic heterocycles. The molecule has 0 saturated heterocycles. The first-order chi connectivity index (χ1) is 6.18. The van der Waals surface area contributed by atoms with E-state index in [0.29, 0.717) is 5.69 Å². The summed E-state index contributed by atoms with van der Waals surface area (Å²) in [5, 5.41) is 10.2. The molecule has 1 aromatic heterocycles. The van der Waals surface area contributed by atoms with Crippen LogP contribution in [-0.2, 0) is 0 Å². The summed E-state index contributed by atoms with van der Waals surface area (Å²) in [5.74, 6) is 0.239. The number of phenolic OH excluding ortho intramolecular Hbond substituents is 1. The number of benzene rings is 1. The zero-order chi connectivity index (χ0) is 9.42. The number of nitrogens with two attached hydrogens (primary N) is 1. The van der Waals surface area contributed by atoms with Crippen LogP contribution in [0.2, 0.25) is 0 Å². The van der Waals surface area contributed by atoms with E-state index in [9.17, 15) is 5.11 Å². The lowest BCUT2D eigenvalue weighted by Crippen LogP contribution is -1.92. The molecule has 0 fully saturated rings. The molecule has 0 bridgehead atoms. The summed E-state index contributed by atoms with van der Waals surface area (Å²) in [7, 11) is 0. The maximum Gasteiger partial charge on any atom is 0.116 e. The van der Waals surface area contributed by atoms with Crippen LogP contribution in [0.25, 0.3) is 10.9 Å². The second-order valence-corrected chi connectivity index (χ2v) is 3.04. The fourth-order valence-electron chi connectivity index (χ4n) is 1.33. The summed E-state index contributed by atoms with van der Waals surface area (Å²) >= 11 is 0. The summed E-state index contributed by atoms with van der Waals surface area (Å²) in [4.78, 5) is 4.15. The van der Waals surface area contributed by atoms with Gasteiger partial charge in [0.05, 0.1) is 17.4 Å². The second kappa shape index (κ2) is 2.62. The quantitative estimate of drug-likeness (QED) is 0.640. The topological polar surface area (TPSA) is 59.1 Å². The average molecular weight is 174 g/mol. The second-order valence-electron chi connectivity index (χ2n) is 3.04. The van der Waals surface area contributed by atoms with Gasteiger partial charge in [0.25, 0.3) is 0 Å². The normalized spacial score (nSPS) is 10.5. The molecule has 0 atom stereocenters. The van der Waals surface area contributed by atoms with E-state index in [-0.39, 0.29) is 5.75 Å². The molecule has 3 nitrogen and oxygen atoms in total. The van der Waals surface area contributed by atoms with Gasteiger partial charge in [-0.3, -0.25) is 4.98 Å². The van der Waals surface area contributed by atoms with Gasteiger partial charge in [-0.1, -0.05) is 0 Å². The smallest absolute Gasteiger partial charge is 0.116 e. The molecule has 1 heterocycles. The number of aryl methyl sites for hydroxylation is 1. The molecule has 3 N–H and O–H groups in total. The predicted molar refractivity (Wildman–Crippen MR) is 52.6 cm³/mol. The van der Waals surface area contributed by atoms with Crippen molar-refractivity contribution < 1.29 is 5.11 Å². The van der Waals surface area contributed by atoms with Gasteiger partial charge in [-0.25, -0.2) is 0 Å². The lowest BCUT2D eigenvalue weighted by Gasteiger charge is -2.04. The number of fused-ring (bicyclic) bond motifs is 1. The van der Waals surface area contributed by atoms with Crippen molar-refractivity contribution in [2.75, 3.05) is 5.73 Å². The Labute approximate surface area is 75.8 Å². The first-order valence-electron chi connectivity index (χ1n) is 4.02. The minimum absolute atomic E-state index is 0.239. The third kappa shape index (κ3) is 1.18. The third-order valence-electron chi connectivity index (χ3n) is 2.16. The van der Waals surface area contributed by atoms with Crippen LogP contribution in [0, 0.1) is 6.92 Å². The van der Waals surface area contributed by atoms with Gasteiger partial charge in [-0.15, -0.1) is 0 Å². The number of hydrogen-bond donors (Lipinski definition) is 2. The zero-order valence-electron chi connectivity index (χ0n) is 7.28. The summed E-state index contributed by atoms with van der Waals surface area (Å²) in [6.07, 6.45) is 1.63. The van der Waals surface area contributed by atoms with Crippen LogP contribution < -0.4 is 5.73 Å². The van der Waals surface area contributed by atoms with Crippen LogP contribution in [0.3, 0.4) is 0 Å². The highest BCUT2D eigenvalue weighted by molar-refractivity contribution is 5.86. The van der Waals surface area contributed by atoms with E-state index in [1.165, 1.54) is 0 Å². The Balaban J connectivity index is 2.89. The Bertz CT molecular complexity index is 460.